The van der Waals surface area contributed by atoms with E-state index in [9.17, 15) is 9.59 Å². The van der Waals surface area contributed by atoms with Gasteiger partial charge in [-0.1, -0.05) is 25.7 Å². The van der Waals surface area contributed by atoms with Crippen molar-refractivity contribution >= 4 is 74.9 Å². The smallest absolute Gasteiger partial charge is 0.305 e. The van der Waals surface area contributed by atoms with E-state index >= 15 is 0 Å². The number of hydrogen-bond acceptors (Lipinski definition) is 7. The molecule has 0 bridgehead atoms. The third-order valence-corrected chi connectivity index (χ3v) is 5.05. The van der Waals surface area contributed by atoms with Gasteiger partial charge in [-0.3, -0.25) is 20.4 Å². The van der Waals surface area contributed by atoms with E-state index in [2.05, 4.69) is 26.4 Å². The Morgan fingerprint density at radius 1 is 0.842 bits per heavy atom. The molecule has 38 heavy (non-hydrogen) atoms. The topological polar surface area (TPSA) is 204 Å². The zero-order chi connectivity index (χ0) is 26.9. The number of carbonyl (C=O) groups is 2. The molecule has 0 saturated heterocycles. The second-order valence-corrected chi connectivity index (χ2v) is 8.21. The average Bonchev–Trinajstić information content (AvgIpc) is 2.82. The number of unbranched alkanes of at least 4 members (excludes halogenated alkanes) is 5. The van der Waals surface area contributed by atoms with Crippen molar-refractivity contribution in [3.05, 3.63) is 29.3 Å². The van der Waals surface area contributed by atoms with E-state index in [-0.39, 0.29) is 57.6 Å². The van der Waals surface area contributed by atoms with E-state index in [4.69, 9.17) is 27.0 Å². The molecule has 0 aromatic heterocycles. The molecule has 12 nitrogen and oxygen atoms in total. The Labute approximate surface area is 245 Å². The number of benzene rings is 1. The van der Waals surface area contributed by atoms with Gasteiger partial charge in [0.05, 0.1) is 12.3 Å². The minimum atomic E-state index is -0.292. The molecule has 0 aliphatic carbocycles. The van der Waals surface area contributed by atoms with E-state index in [1.165, 1.54) is 6.92 Å². The number of amidine groups is 1. The van der Waals surface area contributed by atoms with Crippen molar-refractivity contribution < 1.29 is 14.3 Å². The number of nitrogens with zero attached hydrogens (tertiary/aromatic N) is 2. The van der Waals surface area contributed by atoms with Crippen LogP contribution in [0.25, 0.3) is 0 Å². The molecule has 214 valence electrons. The van der Waals surface area contributed by atoms with Crippen LogP contribution in [0.15, 0.2) is 28.4 Å². The zero-order valence-electron chi connectivity index (χ0n) is 22.2. The van der Waals surface area contributed by atoms with Gasteiger partial charge < -0.3 is 21.5 Å². The molecule has 0 heterocycles. The molecule has 1 rings (SSSR count). The number of halogens is 2. The van der Waals surface area contributed by atoms with E-state index in [0.29, 0.717) is 47.8 Å². The number of guanidine groups is 2. The number of ketones is 1. The fourth-order valence-corrected chi connectivity index (χ4v) is 3.26. The van der Waals surface area contributed by atoms with Crippen molar-refractivity contribution in [1.29, 1.82) is 10.8 Å². The van der Waals surface area contributed by atoms with Crippen LogP contribution in [0.2, 0.25) is 0 Å². The SMILES string of the molecule is Br.Br.CCOC(=O)CCCCCCCCC(=NNC(=N)N)Nc1cc(C(C)=O)cc(C(C)=NNC(=N)N)c1. The second-order valence-electron chi connectivity index (χ2n) is 8.21. The Morgan fingerprint density at radius 3 is 1.92 bits per heavy atom. The number of ether oxygens (including phenoxy) is 1. The lowest BCUT2D eigenvalue weighted by molar-refractivity contribution is -0.143. The largest absolute Gasteiger partial charge is 0.466 e. The molecule has 0 aliphatic heterocycles. The first-order chi connectivity index (χ1) is 17.1. The highest BCUT2D eigenvalue weighted by Gasteiger charge is 2.10. The maximum atomic E-state index is 12.1. The van der Waals surface area contributed by atoms with Crippen molar-refractivity contribution in [3.63, 3.8) is 0 Å². The van der Waals surface area contributed by atoms with Gasteiger partial charge in [-0.25, -0.2) is 10.9 Å². The van der Waals surface area contributed by atoms with Gasteiger partial charge in [0, 0.05) is 29.7 Å². The number of hydrogen-bond donors (Lipinski definition) is 7. The minimum Gasteiger partial charge on any atom is -0.466 e. The Hall–Kier alpha value is -3.00. The summed E-state index contributed by atoms with van der Waals surface area (Å²) in [6.45, 7) is 5.43. The van der Waals surface area contributed by atoms with Gasteiger partial charge in [0.2, 0.25) is 11.9 Å². The summed E-state index contributed by atoms with van der Waals surface area (Å²) in [5, 5.41) is 26.1. The van der Waals surface area contributed by atoms with Crippen LogP contribution in [0.4, 0.5) is 5.69 Å². The number of Topliss-reactive ketones (excluding diaryl/α,β-unsaturated/α-hetero) is 1. The molecule has 1 aromatic rings. The van der Waals surface area contributed by atoms with Crippen LogP contribution in [0.3, 0.4) is 0 Å². The highest BCUT2D eigenvalue weighted by Crippen LogP contribution is 2.18. The Balaban J connectivity index is 0. The van der Waals surface area contributed by atoms with Gasteiger partial charge in [0.1, 0.15) is 5.84 Å². The summed E-state index contributed by atoms with van der Waals surface area (Å²) < 4.78 is 4.93. The van der Waals surface area contributed by atoms with Gasteiger partial charge in [-0.2, -0.15) is 10.2 Å². The van der Waals surface area contributed by atoms with Crippen molar-refractivity contribution in [1.82, 2.24) is 10.9 Å². The number of nitrogens with one attached hydrogen (secondary N) is 5. The van der Waals surface area contributed by atoms with E-state index in [1.807, 2.05) is 0 Å². The Morgan fingerprint density at radius 2 is 1.37 bits per heavy atom. The van der Waals surface area contributed by atoms with Gasteiger partial charge in [-0.05, 0) is 51.8 Å². The zero-order valence-corrected chi connectivity index (χ0v) is 25.6. The van der Waals surface area contributed by atoms with Crippen molar-refractivity contribution in [2.45, 2.75) is 72.1 Å². The summed E-state index contributed by atoms with van der Waals surface area (Å²) in [6, 6.07) is 5.23. The van der Waals surface area contributed by atoms with Crippen molar-refractivity contribution in [2.75, 3.05) is 11.9 Å². The lowest BCUT2D eigenvalue weighted by Crippen LogP contribution is -2.28. The average molecular weight is 663 g/mol. The summed E-state index contributed by atoms with van der Waals surface area (Å²) in [5.41, 5.74) is 17.9. The summed E-state index contributed by atoms with van der Waals surface area (Å²) in [5.74, 6) is -0.270. The number of rotatable bonds is 15. The fraction of sp³-hybridized carbons (Fsp3) is 0.500. The third kappa shape index (κ3) is 16.7. The van der Waals surface area contributed by atoms with Crippen molar-refractivity contribution in [3.8, 4) is 0 Å². The molecule has 14 heteroatoms. The molecule has 0 fully saturated rings. The van der Waals surface area contributed by atoms with Crippen LogP contribution in [0.5, 0.6) is 0 Å². The quantitative estimate of drug-likeness (QED) is 0.0362. The van der Waals surface area contributed by atoms with Gasteiger partial charge in [0.25, 0.3) is 0 Å². The summed E-state index contributed by atoms with van der Waals surface area (Å²) >= 11 is 0. The van der Waals surface area contributed by atoms with E-state index in [0.717, 1.165) is 38.5 Å². The first-order valence-corrected chi connectivity index (χ1v) is 12.0. The third-order valence-electron chi connectivity index (χ3n) is 5.05. The van der Waals surface area contributed by atoms with Gasteiger partial charge in [-0.15, -0.1) is 34.0 Å². The highest BCUT2D eigenvalue weighted by molar-refractivity contribution is 8.93. The van der Waals surface area contributed by atoms with Crippen LogP contribution in [0.1, 0.15) is 88.1 Å². The number of nitrogens with two attached hydrogens (primary N) is 2. The van der Waals surface area contributed by atoms with Crippen LogP contribution in [-0.2, 0) is 9.53 Å². The molecular formula is C24H41Br2N9O3. The maximum Gasteiger partial charge on any atom is 0.305 e. The summed E-state index contributed by atoms with van der Waals surface area (Å²) in [6.07, 6.45) is 6.75. The normalized spacial score (nSPS) is 10.9. The first kappa shape index (κ1) is 37.2. The van der Waals surface area contributed by atoms with Crippen molar-refractivity contribution in [2.24, 2.45) is 21.7 Å². The maximum absolute atomic E-state index is 12.1. The summed E-state index contributed by atoms with van der Waals surface area (Å²) in [4.78, 5) is 23.5. The lowest BCUT2D eigenvalue weighted by atomic mass is 10.0. The minimum absolute atomic E-state index is 0. The second kappa shape index (κ2) is 21.0. The van der Waals surface area contributed by atoms with Crippen LogP contribution >= 0.6 is 34.0 Å². The molecule has 9 N–H and O–H groups in total. The molecule has 0 unspecified atom stereocenters. The molecule has 0 spiro atoms. The predicted molar refractivity (Wildman–Crippen MR) is 164 cm³/mol. The molecule has 0 amide bonds. The highest BCUT2D eigenvalue weighted by atomic mass is 79.9. The Kier molecular flexibility index (Phi) is 20.5. The molecule has 0 radical (unpaired) electrons. The summed E-state index contributed by atoms with van der Waals surface area (Å²) in [7, 11) is 0. The lowest BCUT2D eigenvalue weighted by Gasteiger charge is -2.13. The fourth-order valence-electron chi connectivity index (χ4n) is 3.26. The molecule has 0 saturated carbocycles. The number of anilines is 1. The van der Waals surface area contributed by atoms with Crippen LogP contribution in [0, 0.1) is 10.8 Å². The molecular weight excluding hydrogens is 622 g/mol. The predicted octanol–water partition coefficient (Wildman–Crippen LogP) is 4.14. The monoisotopic (exact) mass is 661 g/mol. The number of hydrazone groups is 2. The van der Waals surface area contributed by atoms with E-state index in [1.54, 1.807) is 32.0 Å². The Bertz CT molecular complexity index is 985. The molecule has 1 aromatic carbocycles. The number of esters is 1. The standard InChI is InChI=1S/C24H39N9O3.2BrH/c1-4-36-22(35)12-10-8-6-5-7-9-11-21(31-33-24(27)28)29-20-14-18(13-19(15-20)17(3)34)16(2)30-32-23(25)26;;/h13-15H,4-12H2,1-3H3,(H,29,31)(H4,25,26,32)(H4,27,28,33);2*1H. The van der Waals surface area contributed by atoms with Crippen LogP contribution in [-0.4, -0.2) is 41.8 Å². The van der Waals surface area contributed by atoms with Gasteiger partial charge in [0.15, 0.2) is 5.78 Å². The molecule has 0 atom stereocenters. The number of carbonyl (C=O) groups excluding carboxylic acids is 2. The molecule has 0 aliphatic rings. The van der Waals surface area contributed by atoms with Gasteiger partial charge >= 0.3 is 5.97 Å². The van der Waals surface area contributed by atoms with E-state index < -0.39 is 0 Å². The van der Waals surface area contributed by atoms with Crippen LogP contribution < -0.4 is 27.6 Å². The first-order valence-electron chi connectivity index (χ1n) is 12.0.